The first kappa shape index (κ1) is 10.8. The van der Waals surface area contributed by atoms with Crippen LogP contribution in [0.3, 0.4) is 0 Å². The summed E-state index contributed by atoms with van der Waals surface area (Å²) in [4.78, 5) is 9.14. The number of nitrogen functional groups attached to an aromatic ring is 1. The predicted molar refractivity (Wildman–Crippen MR) is 73.1 cm³/mol. The van der Waals surface area contributed by atoms with Crippen LogP contribution in [0.5, 0.6) is 5.75 Å². The molecule has 1 aliphatic heterocycles. The van der Waals surface area contributed by atoms with E-state index in [1.807, 2.05) is 12.1 Å². The lowest BCUT2D eigenvalue weighted by Crippen LogP contribution is -2.02. The third-order valence-electron chi connectivity index (χ3n) is 3.91. The summed E-state index contributed by atoms with van der Waals surface area (Å²) in [5.41, 5.74) is 10.6. The monoisotopic (exact) mass is 253 g/mol. The van der Waals surface area contributed by atoms with E-state index in [0.29, 0.717) is 5.82 Å². The van der Waals surface area contributed by atoms with Crippen molar-refractivity contribution in [1.82, 2.24) is 9.97 Å². The fourth-order valence-corrected chi connectivity index (χ4v) is 2.92. The zero-order valence-corrected chi connectivity index (χ0v) is 10.6. The highest BCUT2D eigenvalue weighted by atomic mass is 16.5. The summed E-state index contributed by atoms with van der Waals surface area (Å²) in [5.74, 6) is 2.37. The summed E-state index contributed by atoms with van der Waals surface area (Å²) in [7, 11) is 0. The zero-order chi connectivity index (χ0) is 12.8. The van der Waals surface area contributed by atoms with Crippen molar-refractivity contribution >= 4 is 5.82 Å². The van der Waals surface area contributed by atoms with Gasteiger partial charge in [0.05, 0.1) is 6.61 Å². The summed E-state index contributed by atoms with van der Waals surface area (Å²) in [6.45, 7) is 0.770. The Kier molecular flexibility index (Phi) is 2.24. The van der Waals surface area contributed by atoms with Crippen molar-refractivity contribution in [3.63, 3.8) is 0 Å². The molecule has 1 aromatic heterocycles. The van der Waals surface area contributed by atoms with Gasteiger partial charge in [0.2, 0.25) is 0 Å². The van der Waals surface area contributed by atoms with Gasteiger partial charge in [-0.25, -0.2) is 9.97 Å². The number of aryl methyl sites for hydroxylation is 1. The molecule has 1 aromatic carbocycles. The minimum Gasteiger partial charge on any atom is -0.493 e. The van der Waals surface area contributed by atoms with Gasteiger partial charge >= 0.3 is 0 Å². The lowest BCUT2D eigenvalue weighted by Gasteiger charge is -2.07. The van der Waals surface area contributed by atoms with E-state index >= 15 is 0 Å². The Hall–Kier alpha value is -2.10. The zero-order valence-electron chi connectivity index (χ0n) is 10.6. The van der Waals surface area contributed by atoms with Gasteiger partial charge < -0.3 is 10.5 Å². The second kappa shape index (κ2) is 3.95. The van der Waals surface area contributed by atoms with Gasteiger partial charge in [0.25, 0.3) is 0 Å². The molecule has 2 aromatic rings. The topological polar surface area (TPSA) is 61.0 Å². The van der Waals surface area contributed by atoms with Gasteiger partial charge in [-0.2, -0.15) is 0 Å². The summed E-state index contributed by atoms with van der Waals surface area (Å²) < 4.78 is 5.52. The van der Waals surface area contributed by atoms with Crippen LogP contribution in [0.4, 0.5) is 5.82 Å². The fraction of sp³-hybridized carbons (Fsp3) is 0.333. The Balaban J connectivity index is 1.82. The number of hydrogen-bond acceptors (Lipinski definition) is 4. The fourth-order valence-electron chi connectivity index (χ4n) is 2.92. The van der Waals surface area contributed by atoms with Crippen LogP contribution in [-0.4, -0.2) is 16.6 Å². The number of benzene rings is 1. The lowest BCUT2D eigenvalue weighted by atomic mass is 10.1. The highest BCUT2D eigenvalue weighted by molar-refractivity contribution is 5.62. The minimum atomic E-state index is 0.647. The van der Waals surface area contributed by atoms with E-state index in [2.05, 4.69) is 16.0 Å². The van der Waals surface area contributed by atoms with Gasteiger partial charge in [0.1, 0.15) is 11.6 Å². The maximum atomic E-state index is 6.05. The van der Waals surface area contributed by atoms with E-state index in [1.54, 1.807) is 0 Å². The van der Waals surface area contributed by atoms with Gasteiger partial charge in [-0.05, 0) is 43.0 Å². The van der Waals surface area contributed by atoms with Gasteiger partial charge in [-0.15, -0.1) is 0 Å². The highest BCUT2D eigenvalue weighted by Gasteiger charge is 2.19. The van der Waals surface area contributed by atoms with Crippen molar-refractivity contribution in [3.05, 3.63) is 35.0 Å². The normalized spacial score (nSPS) is 16.0. The number of nitrogens with two attached hydrogens (primary N) is 1. The second-order valence-electron chi connectivity index (χ2n) is 5.13. The molecule has 4 rings (SSSR count). The minimum absolute atomic E-state index is 0.647. The number of anilines is 1. The van der Waals surface area contributed by atoms with Gasteiger partial charge in [-0.3, -0.25) is 0 Å². The van der Waals surface area contributed by atoms with Crippen molar-refractivity contribution in [2.45, 2.75) is 25.7 Å². The van der Waals surface area contributed by atoms with Crippen molar-refractivity contribution in [2.75, 3.05) is 12.3 Å². The predicted octanol–water partition coefficient (Wildman–Crippen LogP) is 2.15. The summed E-state index contributed by atoms with van der Waals surface area (Å²) in [6, 6.07) is 6.14. The average Bonchev–Trinajstić information content (AvgIpc) is 3.06. The molecule has 0 atom stereocenters. The molecule has 0 unspecified atom stereocenters. The van der Waals surface area contributed by atoms with E-state index in [0.717, 1.165) is 60.7 Å². The molecule has 0 bridgehead atoms. The molecule has 0 radical (unpaired) electrons. The molecule has 2 N–H and O–H groups in total. The lowest BCUT2D eigenvalue weighted by molar-refractivity contribution is 0.357. The molecule has 4 heteroatoms. The molecule has 0 amide bonds. The van der Waals surface area contributed by atoms with E-state index in [4.69, 9.17) is 10.5 Å². The number of fused-ring (bicyclic) bond motifs is 2. The Morgan fingerprint density at radius 2 is 2.05 bits per heavy atom. The van der Waals surface area contributed by atoms with E-state index in [-0.39, 0.29) is 0 Å². The first-order chi connectivity index (χ1) is 9.31. The number of aromatic nitrogens is 2. The van der Waals surface area contributed by atoms with Gasteiger partial charge in [0, 0.05) is 23.2 Å². The molecule has 2 aliphatic rings. The highest BCUT2D eigenvalue weighted by Crippen LogP contribution is 2.31. The number of rotatable bonds is 1. The average molecular weight is 253 g/mol. The van der Waals surface area contributed by atoms with Crippen molar-refractivity contribution < 1.29 is 4.74 Å². The number of ether oxygens (including phenoxy) is 1. The smallest absolute Gasteiger partial charge is 0.161 e. The Morgan fingerprint density at radius 1 is 1.11 bits per heavy atom. The summed E-state index contributed by atoms with van der Waals surface area (Å²) in [6.07, 6.45) is 4.13. The summed E-state index contributed by atoms with van der Waals surface area (Å²) in [5, 5.41) is 0. The van der Waals surface area contributed by atoms with E-state index < -0.39 is 0 Å². The van der Waals surface area contributed by atoms with Crippen LogP contribution < -0.4 is 10.5 Å². The van der Waals surface area contributed by atoms with Crippen LogP contribution in [-0.2, 0) is 19.3 Å². The third kappa shape index (κ3) is 1.67. The Bertz CT molecular complexity index is 667. The SMILES string of the molecule is Nc1nc(-c2ccc3c(c2)CCO3)nc2c1CCC2. The van der Waals surface area contributed by atoms with Gasteiger partial charge in [0.15, 0.2) is 5.82 Å². The molecular weight excluding hydrogens is 238 g/mol. The molecular formula is C15H15N3O. The molecule has 0 fully saturated rings. The first-order valence-corrected chi connectivity index (χ1v) is 6.72. The third-order valence-corrected chi connectivity index (χ3v) is 3.91. The van der Waals surface area contributed by atoms with Crippen LogP contribution in [0.15, 0.2) is 18.2 Å². The van der Waals surface area contributed by atoms with E-state index in [9.17, 15) is 0 Å². The van der Waals surface area contributed by atoms with Crippen LogP contribution >= 0.6 is 0 Å². The van der Waals surface area contributed by atoms with Gasteiger partial charge in [-0.1, -0.05) is 0 Å². The maximum absolute atomic E-state index is 6.05. The Morgan fingerprint density at radius 3 is 3.00 bits per heavy atom. The van der Waals surface area contributed by atoms with Crippen LogP contribution in [0.1, 0.15) is 23.2 Å². The molecule has 0 spiro atoms. The largest absolute Gasteiger partial charge is 0.493 e. The van der Waals surface area contributed by atoms with Crippen LogP contribution in [0, 0.1) is 0 Å². The summed E-state index contributed by atoms with van der Waals surface area (Å²) >= 11 is 0. The maximum Gasteiger partial charge on any atom is 0.161 e. The molecule has 19 heavy (non-hydrogen) atoms. The van der Waals surface area contributed by atoms with Crippen molar-refractivity contribution in [1.29, 1.82) is 0 Å². The standard InChI is InChI=1S/C15H15N3O/c16-14-11-2-1-3-12(11)17-15(18-14)10-4-5-13-9(8-10)6-7-19-13/h4-5,8H,1-3,6-7H2,(H2,16,17,18). The van der Waals surface area contributed by atoms with Crippen LogP contribution in [0.2, 0.25) is 0 Å². The van der Waals surface area contributed by atoms with E-state index in [1.165, 1.54) is 5.56 Å². The second-order valence-corrected chi connectivity index (χ2v) is 5.13. The quantitative estimate of drug-likeness (QED) is 0.846. The van der Waals surface area contributed by atoms with Crippen LogP contribution in [0.25, 0.3) is 11.4 Å². The Labute approximate surface area is 111 Å². The van der Waals surface area contributed by atoms with Crippen molar-refractivity contribution in [3.8, 4) is 17.1 Å². The number of nitrogens with zero attached hydrogens (tertiary/aromatic N) is 2. The first-order valence-electron chi connectivity index (χ1n) is 6.72. The number of hydrogen-bond donors (Lipinski definition) is 1. The molecule has 0 saturated carbocycles. The molecule has 4 nitrogen and oxygen atoms in total. The molecule has 1 aliphatic carbocycles. The van der Waals surface area contributed by atoms with Crippen molar-refractivity contribution in [2.24, 2.45) is 0 Å². The molecule has 0 saturated heterocycles. The molecule has 2 heterocycles. The molecule has 96 valence electrons.